The summed E-state index contributed by atoms with van der Waals surface area (Å²) in [7, 11) is 0. The van der Waals surface area contributed by atoms with Crippen molar-refractivity contribution in [3.05, 3.63) is 31.0 Å². The van der Waals surface area contributed by atoms with Gasteiger partial charge in [0, 0.05) is 29.3 Å². The largest absolute Gasteiger partial charge is 0.424 e. The molecule has 4 rings (SSSR count). The van der Waals surface area contributed by atoms with Gasteiger partial charge in [0.1, 0.15) is 18.1 Å². The van der Waals surface area contributed by atoms with Crippen molar-refractivity contribution in [3.8, 4) is 17.5 Å². The fraction of sp³-hybridized carbons (Fsp3) is 0.412. The molecule has 1 fully saturated rings. The molecule has 0 aliphatic heterocycles. The number of aromatic amines is 1. The Bertz CT molecular complexity index is 892. The van der Waals surface area contributed by atoms with Crippen LogP contribution >= 0.6 is 0 Å². The molecule has 3 aromatic rings. The number of nitrogens with zero attached hydrogens (tertiary/aromatic N) is 5. The van der Waals surface area contributed by atoms with E-state index in [0.717, 1.165) is 41.6 Å². The van der Waals surface area contributed by atoms with E-state index in [1.165, 1.54) is 0 Å². The van der Waals surface area contributed by atoms with E-state index in [1.54, 1.807) is 6.33 Å². The van der Waals surface area contributed by atoms with Crippen molar-refractivity contribution in [2.24, 2.45) is 5.92 Å². The van der Waals surface area contributed by atoms with Crippen LogP contribution in [0.25, 0.3) is 22.3 Å². The number of aromatic nitrogens is 5. The second kappa shape index (κ2) is 5.96. The van der Waals surface area contributed by atoms with Gasteiger partial charge in [-0.15, -0.1) is 0 Å². The molecule has 3 heterocycles. The number of ether oxygens (including phenoxy) is 1. The maximum Gasteiger partial charge on any atom is 0.286 e. The lowest BCUT2D eigenvalue weighted by molar-refractivity contribution is 0.0943. The first-order chi connectivity index (χ1) is 11.8. The summed E-state index contributed by atoms with van der Waals surface area (Å²) in [5.74, 6) is 0.301. The van der Waals surface area contributed by atoms with Crippen molar-refractivity contribution >= 4 is 11.0 Å². The molecule has 1 N–H and O–H groups in total. The van der Waals surface area contributed by atoms with Gasteiger partial charge in [0.25, 0.3) is 6.26 Å². The first kappa shape index (κ1) is 14.7. The Labute approximate surface area is 139 Å². The highest BCUT2D eigenvalue weighted by Gasteiger charge is 2.34. The minimum absolute atomic E-state index is 0.00641. The smallest absolute Gasteiger partial charge is 0.286 e. The fourth-order valence-electron chi connectivity index (χ4n) is 3.70. The highest BCUT2D eigenvalue weighted by Crippen LogP contribution is 2.36. The molecule has 0 bridgehead atoms. The van der Waals surface area contributed by atoms with E-state index in [-0.39, 0.29) is 12.1 Å². The normalized spacial score (nSPS) is 21.7. The summed E-state index contributed by atoms with van der Waals surface area (Å²) in [5.41, 5.74) is 2.65. The Morgan fingerprint density at radius 2 is 2.33 bits per heavy atom. The maximum atomic E-state index is 8.82. The molecule has 7 heteroatoms. The third-order valence-electron chi connectivity index (χ3n) is 4.97. The van der Waals surface area contributed by atoms with E-state index in [2.05, 4.69) is 27.0 Å². The van der Waals surface area contributed by atoms with Crippen molar-refractivity contribution in [3.63, 3.8) is 0 Å². The molecule has 7 nitrogen and oxygen atoms in total. The SMILES string of the molecule is CC(C1CCCC1OC#N)n1cc(-c2ncnc3[nH]ccc23)cn1. The van der Waals surface area contributed by atoms with Gasteiger partial charge in [-0.3, -0.25) is 4.68 Å². The van der Waals surface area contributed by atoms with Crippen molar-refractivity contribution in [2.45, 2.75) is 38.3 Å². The van der Waals surface area contributed by atoms with Gasteiger partial charge in [0.15, 0.2) is 0 Å². The first-order valence-corrected chi connectivity index (χ1v) is 8.15. The Morgan fingerprint density at radius 3 is 3.21 bits per heavy atom. The van der Waals surface area contributed by atoms with E-state index >= 15 is 0 Å². The van der Waals surface area contributed by atoms with E-state index in [0.29, 0.717) is 5.92 Å². The molecule has 1 aliphatic rings. The highest BCUT2D eigenvalue weighted by molar-refractivity contribution is 5.89. The molecule has 0 spiro atoms. The fourth-order valence-corrected chi connectivity index (χ4v) is 3.70. The van der Waals surface area contributed by atoms with Gasteiger partial charge in [-0.05, 0) is 32.3 Å². The topological polar surface area (TPSA) is 92.4 Å². The minimum atomic E-state index is -0.00641. The van der Waals surface area contributed by atoms with Crippen LogP contribution in [0.4, 0.5) is 0 Å². The van der Waals surface area contributed by atoms with E-state index < -0.39 is 0 Å². The van der Waals surface area contributed by atoms with Crippen LogP contribution in [0.2, 0.25) is 0 Å². The molecule has 0 aromatic carbocycles. The Morgan fingerprint density at radius 1 is 1.42 bits per heavy atom. The first-order valence-electron chi connectivity index (χ1n) is 8.15. The number of hydrogen-bond donors (Lipinski definition) is 1. The van der Waals surface area contributed by atoms with Crippen LogP contribution in [-0.2, 0) is 4.74 Å². The molecule has 1 aliphatic carbocycles. The van der Waals surface area contributed by atoms with E-state index in [4.69, 9.17) is 10.00 Å². The monoisotopic (exact) mass is 322 g/mol. The molecule has 0 radical (unpaired) electrons. The second-order valence-corrected chi connectivity index (χ2v) is 6.25. The van der Waals surface area contributed by atoms with Gasteiger partial charge in [0.2, 0.25) is 0 Å². The summed E-state index contributed by atoms with van der Waals surface area (Å²) in [6, 6.07) is 2.14. The number of nitrogens with one attached hydrogen (secondary N) is 1. The summed E-state index contributed by atoms with van der Waals surface area (Å²) < 4.78 is 7.19. The molecule has 3 unspecified atom stereocenters. The minimum Gasteiger partial charge on any atom is -0.424 e. The van der Waals surface area contributed by atoms with Crippen molar-refractivity contribution in [1.29, 1.82) is 5.26 Å². The summed E-state index contributed by atoms with van der Waals surface area (Å²) >= 11 is 0. The molecular formula is C17H18N6O. The van der Waals surface area contributed by atoms with Gasteiger partial charge in [-0.1, -0.05) is 0 Å². The zero-order chi connectivity index (χ0) is 16.5. The molecule has 122 valence electrons. The second-order valence-electron chi connectivity index (χ2n) is 6.25. The summed E-state index contributed by atoms with van der Waals surface area (Å²) in [6.45, 7) is 2.13. The van der Waals surface area contributed by atoms with Crippen LogP contribution in [-0.4, -0.2) is 30.8 Å². The number of H-pyrrole nitrogens is 1. The lowest BCUT2D eigenvalue weighted by Gasteiger charge is -2.24. The number of fused-ring (bicyclic) bond motifs is 1. The summed E-state index contributed by atoms with van der Waals surface area (Å²) in [5, 5.41) is 14.3. The Hall–Kier alpha value is -2.88. The van der Waals surface area contributed by atoms with Crippen molar-refractivity contribution < 1.29 is 4.74 Å². The van der Waals surface area contributed by atoms with Gasteiger partial charge >= 0.3 is 0 Å². The zero-order valence-corrected chi connectivity index (χ0v) is 13.4. The zero-order valence-electron chi connectivity index (χ0n) is 13.4. The average molecular weight is 322 g/mol. The molecule has 24 heavy (non-hydrogen) atoms. The lowest BCUT2D eigenvalue weighted by Crippen LogP contribution is -2.25. The molecule has 0 saturated heterocycles. The molecule has 0 amide bonds. The predicted molar refractivity (Wildman–Crippen MR) is 87.6 cm³/mol. The standard InChI is InChI=1S/C17H18N6O/c1-11(13-3-2-4-15(13)24-9-18)23-8-12(7-22-23)16-14-5-6-19-17(14)21-10-20-16/h5-8,10-11,13,15H,2-4H2,1H3,(H,19,20,21). The van der Waals surface area contributed by atoms with E-state index in [9.17, 15) is 0 Å². The molecule has 3 aromatic heterocycles. The van der Waals surface area contributed by atoms with E-state index in [1.807, 2.05) is 35.6 Å². The van der Waals surface area contributed by atoms with Gasteiger partial charge in [-0.25, -0.2) is 9.97 Å². The van der Waals surface area contributed by atoms with Gasteiger partial charge in [0.05, 0.1) is 17.9 Å². The van der Waals surface area contributed by atoms with Crippen LogP contribution in [0.1, 0.15) is 32.2 Å². The number of rotatable bonds is 4. The summed E-state index contributed by atoms with van der Waals surface area (Å²) in [6.07, 6.45) is 12.2. The van der Waals surface area contributed by atoms with Crippen LogP contribution in [0, 0.1) is 17.4 Å². The maximum absolute atomic E-state index is 8.82. The predicted octanol–water partition coefficient (Wildman–Crippen LogP) is 3.05. The Balaban J connectivity index is 1.63. The van der Waals surface area contributed by atoms with Crippen LogP contribution in [0.5, 0.6) is 0 Å². The number of nitriles is 1. The molecule has 1 saturated carbocycles. The highest BCUT2D eigenvalue weighted by atomic mass is 16.5. The van der Waals surface area contributed by atoms with Crippen LogP contribution in [0.3, 0.4) is 0 Å². The molecule has 3 atom stereocenters. The quantitative estimate of drug-likeness (QED) is 0.745. The summed E-state index contributed by atoms with van der Waals surface area (Å²) in [4.78, 5) is 11.7. The van der Waals surface area contributed by atoms with Gasteiger partial charge < -0.3 is 9.72 Å². The Kier molecular flexibility index (Phi) is 3.65. The average Bonchev–Trinajstić information content (AvgIpc) is 3.34. The van der Waals surface area contributed by atoms with Crippen LogP contribution in [0.15, 0.2) is 31.0 Å². The third kappa shape index (κ3) is 2.40. The number of hydrogen-bond acceptors (Lipinski definition) is 5. The molecular weight excluding hydrogens is 304 g/mol. The van der Waals surface area contributed by atoms with Crippen molar-refractivity contribution in [1.82, 2.24) is 24.7 Å². The van der Waals surface area contributed by atoms with Crippen molar-refractivity contribution in [2.75, 3.05) is 0 Å². The lowest BCUT2D eigenvalue weighted by atomic mass is 9.97. The van der Waals surface area contributed by atoms with Crippen LogP contribution < -0.4 is 0 Å². The van der Waals surface area contributed by atoms with Gasteiger partial charge in [-0.2, -0.15) is 10.4 Å². The third-order valence-corrected chi connectivity index (χ3v) is 4.97.